The Labute approximate surface area is 179 Å². The molecule has 2 rings (SSSR count). The molecular formula is C27H42O2. The molecule has 2 aromatic rings. The molecule has 0 unspecified atom stereocenters. The van der Waals surface area contributed by atoms with Crippen LogP contribution in [0.2, 0.25) is 0 Å². The third-order valence-corrected chi connectivity index (χ3v) is 4.59. The van der Waals surface area contributed by atoms with Crippen molar-refractivity contribution in [2.45, 2.75) is 80.1 Å². The van der Waals surface area contributed by atoms with Crippen molar-refractivity contribution in [3.8, 4) is 0 Å². The van der Waals surface area contributed by atoms with Crippen molar-refractivity contribution < 1.29 is 9.53 Å². The van der Waals surface area contributed by atoms with Gasteiger partial charge >= 0.3 is 5.97 Å². The number of ether oxygens (including phenoxy) is 1. The molecule has 2 aromatic carbocycles. The van der Waals surface area contributed by atoms with Gasteiger partial charge in [-0.1, -0.05) is 103 Å². The Morgan fingerprint density at radius 3 is 1.76 bits per heavy atom. The quantitative estimate of drug-likeness (QED) is 0.491. The van der Waals surface area contributed by atoms with Crippen molar-refractivity contribution in [2.75, 3.05) is 7.11 Å². The minimum atomic E-state index is -0.448. The zero-order valence-electron chi connectivity index (χ0n) is 20.1. The summed E-state index contributed by atoms with van der Waals surface area (Å²) in [5.74, 6) is -0.165. The second-order valence-corrected chi connectivity index (χ2v) is 8.73. The van der Waals surface area contributed by atoms with Crippen molar-refractivity contribution in [1.29, 1.82) is 0 Å². The number of methoxy groups -OCH3 is 1. The van der Waals surface area contributed by atoms with Crippen molar-refractivity contribution in [1.82, 2.24) is 0 Å². The molecule has 0 aliphatic heterocycles. The molecule has 0 saturated carbocycles. The van der Waals surface area contributed by atoms with E-state index in [1.165, 1.54) is 31.1 Å². The first kappa shape index (κ1) is 26.9. The molecule has 0 saturated heterocycles. The summed E-state index contributed by atoms with van der Waals surface area (Å²) in [4.78, 5) is 11.4. The maximum absolute atomic E-state index is 11.4. The van der Waals surface area contributed by atoms with Crippen molar-refractivity contribution >= 4 is 5.97 Å². The predicted molar refractivity (Wildman–Crippen MR) is 126 cm³/mol. The fraction of sp³-hybridized carbons (Fsp3) is 0.519. The van der Waals surface area contributed by atoms with E-state index in [9.17, 15) is 4.79 Å². The lowest BCUT2D eigenvalue weighted by atomic mass is 9.86. The molecule has 29 heavy (non-hydrogen) atoms. The highest BCUT2D eigenvalue weighted by atomic mass is 16.5. The highest BCUT2D eigenvalue weighted by Gasteiger charge is 2.28. The van der Waals surface area contributed by atoms with Gasteiger partial charge in [-0.25, -0.2) is 0 Å². The number of benzene rings is 2. The second kappa shape index (κ2) is 13.2. The summed E-state index contributed by atoms with van der Waals surface area (Å²) in [5.41, 5.74) is 3.87. The van der Waals surface area contributed by atoms with Crippen molar-refractivity contribution in [3.63, 3.8) is 0 Å². The average molecular weight is 399 g/mol. The highest BCUT2D eigenvalue weighted by Crippen LogP contribution is 2.23. The van der Waals surface area contributed by atoms with Gasteiger partial charge in [-0.3, -0.25) is 4.79 Å². The van der Waals surface area contributed by atoms with Crippen molar-refractivity contribution in [2.24, 2.45) is 5.41 Å². The largest absolute Gasteiger partial charge is 0.469 e. The maximum Gasteiger partial charge on any atom is 0.311 e. The number of carbonyl (C=O) groups excluding carboxylic acids is 1. The van der Waals surface area contributed by atoms with Gasteiger partial charge in [0.25, 0.3) is 0 Å². The van der Waals surface area contributed by atoms with Crippen LogP contribution in [-0.2, 0) is 27.8 Å². The van der Waals surface area contributed by atoms with Gasteiger partial charge in [-0.15, -0.1) is 0 Å². The predicted octanol–water partition coefficient (Wildman–Crippen LogP) is 7.39. The first-order valence-corrected chi connectivity index (χ1v) is 10.8. The van der Waals surface area contributed by atoms with Crippen molar-refractivity contribution in [3.05, 3.63) is 71.3 Å². The monoisotopic (exact) mass is 398 g/mol. The lowest BCUT2D eigenvalue weighted by molar-refractivity contribution is -0.150. The molecule has 2 nitrogen and oxygen atoms in total. The van der Waals surface area contributed by atoms with Crippen LogP contribution in [0.1, 0.15) is 78.5 Å². The number of hydrogen-bond acceptors (Lipinski definition) is 2. The molecule has 0 radical (unpaired) electrons. The molecule has 2 heteroatoms. The van der Waals surface area contributed by atoms with E-state index in [0.29, 0.717) is 6.42 Å². The summed E-state index contributed by atoms with van der Waals surface area (Å²) in [5, 5.41) is 0. The van der Waals surface area contributed by atoms with Gasteiger partial charge < -0.3 is 4.74 Å². The van der Waals surface area contributed by atoms with Crippen LogP contribution in [-0.4, -0.2) is 13.1 Å². The minimum Gasteiger partial charge on any atom is -0.469 e. The molecule has 0 bridgehead atoms. The third kappa shape index (κ3) is 10.3. The van der Waals surface area contributed by atoms with Gasteiger partial charge in [0, 0.05) is 0 Å². The summed E-state index contributed by atoms with van der Waals surface area (Å²) in [6, 6.07) is 19.0. The zero-order valence-corrected chi connectivity index (χ0v) is 20.1. The molecule has 0 fully saturated rings. The number of carbonyl (C=O) groups is 1. The highest BCUT2D eigenvalue weighted by molar-refractivity contribution is 5.76. The van der Waals surface area contributed by atoms with Gasteiger partial charge in [0.15, 0.2) is 0 Å². The fourth-order valence-electron chi connectivity index (χ4n) is 2.91. The summed E-state index contributed by atoms with van der Waals surface area (Å²) in [6.45, 7) is 16.8. The molecule has 0 aliphatic carbocycles. The summed E-state index contributed by atoms with van der Waals surface area (Å²) in [6.07, 6.45) is 3.14. The molecule has 0 aliphatic rings. The number of rotatable bonds is 5. The molecule has 0 atom stereocenters. The Morgan fingerprint density at radius 1 is 0.828 bits per heavy atom. The SMILES string of the molecule is CC.CCCc1ccc(C(C)(C)C)cc1.COC(=O)C(C)(C)Cc1ccccc1. The first-order valence-electron chi connectivity index (χ1n) is 10.8. The number of aryl methyl sites for hydroxylation is 1. The van der Waals surface area contributed by atoms with Crippen LogP contribution >= 0.6 is 0 Å². The fourth-order valence-corrected chi connectivity index (χ4v) is 2.91. The Bertz CT molecular complexity index is 677. The molecule has 0 spiro atoms. The molecule has 0 N–H and O–H groups in total. The maximum atomic E-state index is 11.4. The van der Waals surface area contributed by atoms with E-state index in [1.807, 2.05) is 58.0 Å². The smallest absolute Gasteiger partial charge is 0.311 e. The van der Waals surface area contributed by atoms with E-state index in [2.05, 4.69) is 52.0 Å². The lowest BCUT2D eigenvalue weighted by Crippen LogP contribution is -2.27. The minimum absolute atomic E-state index is 0.165. The summed E-state index contributed by atoms with van der Waals surface area (Å²) in [7, 11) is 1.43. The Hall–Kier alpha value is -2.09. The van der Waals surface area contributed by atoms with E-state index in [-0.39, 0.29) is 11.4 Å². The van der Waals surface area contributed by atoms with Gasteiger partial charge in [0.05, 0.1) is 12.5 Å². The average Bonchev–Trinajstić information content (AvgIpc) is 2.70. The van der Waals surface area contributed by atoms with E-state index < -0.39 is 5.41 Å². The van der Waals surface area contributed by atoms with Gasteiger partial charge in [-0.05, 0) is 48.8 Å². The van der Waals surface area contributed by atoms with Crippen LogP contribution in [0.5, 0.6) is 0 Å². The van der Waals surface area contributed by atoms with Gasteiger partial charge in [0.1, 0.15) is 0 Å². The van der Waals surface area contributed by atoms with Crippen LogP contribution < -0.4 is 0 Å². The summed E-state index contributed by atoms with van der Waals surface area (Å²) < 4.78 is 4.75. The van der Waals surface area contributed by atoms with Gasteiger partial charge in [0.2, 0.25) is 0 Å². The van der Waals surface area contributed by atoms with E-state index in [0.717, 1.165) is 5.56 Å². The first-order chi connectivity index (χ1) is 13.6. The molecule has 0 heterocycles. The third-order valence-electron chi connectivity index (χ3n) is 4.59. The Balaban J connectivity index is 0.000000499. The Kier molecular flexibility index (Phi) is 12.2. The van der Waals surface area contributed by atoms with E-state index in [1.54, 1.807) is 0 Å². The topological polar surface area (TPSA) is 26.3 Å². The van der Waals surface area contributed by atoms with Crippen LogP contribution in [0.4, 0.5) is 0 Å². The van der Waals surface area contributed by atoms with Crippen LogP contribution in [0.25, 0.3) is 0 Å². The zero-order chi connectivity index (χ0) is 22.5. The molecular weight excluding hydrogens is 356 g/mol. The second-order valence-electron chi connectivity index (χ2n) is 8.73. The molecule has 162 valence electrons. The summed E-state index contributed by atoms with van der Waals surface area (Å²) >= 11 is 0. The van der Waals surface area contributed by atoms with Crippen LogP contribution in [0.3, 0.4) is 0 Å². The van der Waals surface area contributed by atoms with Crippen LogP contribution in [0.15, 0.2) is 54.6 Å². The normalized spacial score (nSPS) is 10.8. The number of hydrogen-bond donors (Lipinski definition) is 0. The van der Waals surface area contributed by atoms with E-state index >= 15 is 0 Å². The van der Waals surface area contributed by atoms with E-state index in [4.69, 9.17) is 4.74 Å². The van der Waals surface area contributed by atoms with Gasteiger partial charge in [-0.2, -0.15) is 0 Å². The van der Waals surface area contributed by atoms with Crippen LogP contribution in [0, 0.1) is 5.41 Å². The standard InChI is InChI=1S/C13H20.C12H16O2.C2H6/c1-5-6-11-7-9-12(10-8-11)13(2,3)4;1-12(2,11(13)14-3)9-10-7-5-4-6-8-10;1-2/h7-10H,5-6H2,1-4H3;4-8H,9H2,1-3H3;1-2H3. The number of esters is 1. The molecule has 0 aromatic heterocycles. The Morgan fingerprint density at radius 2 is 1.34 bits per heavy atom. The molecule has 0 amide bonds. The lowest BCUT2D eigenvalue weighted by Gasteiger charge is -2.21.